The van der Waals surface area contributed by atoms with E-state index in [0.29, 0.717) is 12.5 Å². The van der Waals surface area contributed by atoms with Gasteiger partial charge in [-0.1, -0.05) is 30.3 Å². The molecule has 2 rings (SSSR count). The number of benzene rings is 1. The Morgan fingerprint density at radius 3 is 2.76 bits per heavy atom. The molecule has 1 aromatic rings. The van der Waals surface area contributed by atoms with Gasteiger partial charge in [-0.2, -0.15) is 0 Å². The van der Waals surface area contributed by atoms with Crippen LogP contribution in [0.5, 0.6) is 0 Å². The minimum Gasteiger partial charge on any atom is -0.340 e. The number of carbonyl (C=O) groups excluding carboxylic acids is 1. The summed E-state index contributed by atoms with van der Waals surface area (Å²) < 4.78 is 0. The highest BCUT2D eigenvalue weighted by atomic mass is 16.2. The van der Waals surface area contributed by atoms with Crippen LogP contribution in [-0.2, 0) is 4.79 Å². The molecule has 0 spiro atoms. The maximum Gasteiger partial charge on any atom is 0.224 e. The number of nitrogens with zero attached hydrogens (tertiary/aromatic N) is 1. The quantitative estimate of drug-likeness (QED) is 0.867. The van der Waals surface area contributed by atoms with Gasteiger partial charge in [0.1, 0.15) is 0 Å². The number of hydrogen-bond donors (Lipinski definition) is 1. The summed E-state index contributed by atoms with van der Waals surface area (Å²) in [6.07, 6.45) is 2.65. The van der Waals surface area contributed by atoms with E-state index in [1.165, 1.54) is 0 Å². The van der Waals surface area contributed by atoms with Gasteiger partial charge in [0.25, 0.3) is 0 Å². The summed E-state index contributed by atoms with van der Waals surface area (Å²) in [5.41, 5.74) is 7.10. The van der Waals surface area contributed by atoms with Crippen molar-refractivity contribution in [3.8, 4) is 0 Å². The van der Waals surface area contributed by atoms with E-state index in [1.54, 1.807) is 0 Å². The van der Waals surface area contributed by atoms with Crippen LogP contribution in [0.2, 0.25) is 0 Å². The summed E-state index contributed by atoms with van der Waals surface area (Å²) in [4.78, 5) is 14.0. The highest BCUT2D eigenvalue weighted by Crippen LogP contribution is 2.21. The zero-order valence-corrected chi connectivity index (χ0v) is 10.3. The van der Waals surface area contributed by atoms with Crippen LogP contribution in [0.4, 0.5) is 0 Å². The van der Waals surface area contributed by atoms with Crippen molar-refractivity contribution >= 4 is 5.91 Å². The number of likely N-dealkylation sites (tertiary alicyclic amines) is 1. The third-order valence-corrected chi connectivity index (χ3v) is 3.50. The van der Waals surface area contributed by atoms with Gasteiger partial charge in [-0.25, -0.2) is 0 Å². The largest absolute Gasteiger partial charge is 0.340 e. The molecule has 3 heteroatoms. The second-order valence-corrected chi connectivity index (χ2v) is 4.80. The van der Waals surface area contributed by atoms with Crippen molar-refractivity contribution in [2.45, 2.75) is 38.3 Å². The first-order valence-electron chi connectivity index (χ1n) is 6.28. The van der Waals surface area contributed by atoms with Crippen LogP contribution in [0.3, 0.4) is 0 Å². The van der Waals surface area contributed by atoms with E-state index in [-0.39, 0.29) is 11.9 Å². The van der Waals surface area contributed by atoms with Crippen molar-refractivity contribution in [2.24, 2.45) is 5.73 Å². The van der Waals surface area contributed by atoms with Crippen molar-refractivity contribution in [3.63, 3.8) is 0 Å². The first-order valence-corrected chi connectivity index (χ1v) is 6.28. The third-order valence-electron chi connectivity index (χ3n) is 3.50. The summed E-state index contributed by atoms with van der Waals surface area (Å²) in [5.74, 6) is 0.186. The number of hydrogen-bond acceptors (Lipinski definition) is 2. The Morgan fingerprint density at radius 2 is 2.18 bits per heavy atom. The molecular weight excluding hydrogens is 212 g/mol. The molecule has 2 unspecified atom stereocenters. The molecule has 92 valence electrons. The molecular formula is C14H20N2O. The van der Waals surface area contributed by atoms with Gasteiger partial charge in [0.15, 0.2) is 0 Å². The second-order valence-electron chi connectivity index (χ2n) is 4.80. The molecule has 1 amide bonds. The molecule has 0 radical (unpaired) electrons. The lowest BCUT2D eigenvalue weighted by Crippen LogP contribution is -2.35. The molecule has 1 fully saturated rings. The first-order chi connectivity index (χ1) is 8.18. The van der Waals surface area contributed by atoms with E-state index < -0.39 is 0 Å². The monoisotopic (exact) mass is 232 g/mol. The lowest BCUT2D eigenvalue weighted by Gasteiger charge is -2.23. The minimum atomic E-state index is -0.184. The van der Waals surface area contributed by atoms with Crippen molar-refractivity contribution in [2.75, 3.05) is 6.54 Å². The summed E-state index contributed by atoms with van der Waals surface area (Å²) >= 11 is 0. The van der Waals surface area contributed by atoms with Crippen LogP contribution in [0, 0.1) is 0 Å². The number of nitrogens with two attached hydrogens (primary N) is 1. The van der Waals surface area contributed by atoms with Crippen LogP contribution >= 0.6 is 0 Å². The van der Waals surface area contributed by atoms with Crippen LogP contribution < -0.4 is 5.73 Å². The van der Waals surface area contributed by atoms with Gasteiger partial charge >= 0.3 is 0 Å². The zero-order valence-electron chi connectivity index (χ0n) is 10.3. The van der Waals surface area contributed by atoms with Crippen molar-refractivity contribution in [3.05, 3.63) is 35.9 Å². The van der Waals surface area contributed by atoms with Gasteiger partial charge in [-0.05, 0) is 25.3 Å². The Kier molecular flexibility index (Phi) is 3.79. The van der Waals surface area contributed by atoms with Gasteiger partial charge in [0, 0.05) is 25.0 Å². The molecule has 0 aliphatic carbocycles. The predicted molar refractivity (Wildman–Crippen MR) is 68.4 cm³/mol. The van der Waals surface area contributed by atoms with Gasteiger partial charge in [-0.3, -0.25) is 4.79 Å². The molecule has 2 N–H and O–H groups in total. The van der Waals surface area contributed by atoms with Crippen molar-refractivity contribution < 1.29 is 4.79 Å². The molecule has 3 nitrogen and oxygen atoms in total. The van der Waals surface area contributed by atoms with Crippen molar-refractivity contribution in [1.82, 2.24) is 4.90 Å². The maximum absolute atomic E-state index is 12.1. The van der Waals surface area contributed by atoms with E-state index >= 15 is 0 Å². The van der Waals surface area contributed by atoms with E-state index in [0.717, 1.165) is 24.9 Å². The fourth-order valence-electron chi connectivity index (χ4n) is 2.43. The number of rotatable bonds is 3. The number of amides is 1. The van der Waals surface area contributed by atoms with Crippen molar-refractivity contribution in [1.29, 1.82) is 0 Å². The highest BCUT2D eigenvalue weighted by molar-refractivity contribution is 5.77. The summed E-state index contributed by atoms with van der Waals surface area (Å²) in [7, 11) is 0. The lowest BCUT2D eigenvalue weighted by molar-refractivity contribution is -0.132. The molecule has 1 heterocycles. The van der Waals surface area contributed by atoms with Gasteiger partial charge < -0.3 is 10.6 Å². The van der Waals surface area contributed by atoms with E-state index in [2.05, 4.69) is 6.92 Å². The summed E-state index contributed by atoms with van der Waals surface area (Å²) in [5, 5.41) is 0. The van der Waals surface area contributed by atoms with E-state index in [4.69, 9.17) is 5.73 Å². The minimum absolute atomic E-state index is 0.184. The smallest absolute Gasteiger partial charge is 0.224 e. The Hall–Kier alpha value is -1.35. The average Bonchev–Trinajstić information content (AvgIpc) is 2.76. The van der Waals surface area contributed by atoms with Gasteiger partial charge in [0.2, 0.25) is 5.91 Å². The van der Waals surface area contributed by atoms with Gasteiger partial charge in [-0.15, -0.1) is 0 Å². The SMILES string of the molecule is CC1CCCN1C(=O)CC(N)c1ccccc1. The Bertz CT molecular complexity index is 377. The van der Waals surface area contributed by atoms with Crippen LogP contribution in [0.25, 0.3) is 0 Å². The normalized spacial score (nSPS) is 21.5. The molecule has 0 aromatic heterocycles. The molecule has 1 aromatic carbocycles. The average molecular weight is 232 g/mol. The summed E-state index contributed by atoms with van der Waals surface area (Å²) in [6.45, 7) is 3.00. The molecule has 0 bridgehead atoms. The van der Waals surface area contributed by atoms with Crippen LogP contribution in [0.1, 0.15) is 37.8 Å². The maximum atomic E-state index is 12.1. The highest BCUT2D eigenvalue weighted by Gasteiger charge is 2.26. The van der Waals surface area contributed by atoms with Crippen LogP contribution in [-0.4, -0.2) is 23.4 Å². The lowest BCUT2D eigenvalue weighted by atomic mass is 10.0. The Balaban J connectivity index is 1.95. The molecule has 1 saturated heterocycles. The summed E-state index contributed by atoms with van der Waals surface area (Å²) in [6, 6.07) is 10.0. The van der Waals surface area contributed by atoms with Crippen LogP contribution in [0.15, 0.2) is 30.3 Å². The molecule has 17 heavy (non-hydrogen) atoms. The van der Waals surface area contributed by atoms with E-state index in [1.807, 2.05) is 35.2 Å². The van der Waals surface area contributed by atoms with E-state index in [9.17, 15) is 4.79 Å². The topological polar surface area (TPSA) is 46.3 Å². The first kappa shape index (κ1) is 12.1. The fourth-order valence-corrected chi connectivity index (χ4v) is 2.43. The Morgan fingerprint density at radius 1 is 1.47 bits per heavy atom. The Labute approximate surface area is 103 Å². The number of carbonyl (C=O) groups is 1. The molecule has 1 aliphatic heterocycles. The molecule has 2 atom stereocenters. The second kappa shape index (κ2) is 5.32. The molecule has 0 saturated carbocycles. The van der Waals surface area contributed by atoms with Gasteiger partial charge in [0.05, 0.1) is 0 Å². The molecule has 1 aliphatic rings. The third kappa shape index (κ3) is 2.86. The standard InChI is InChI=1S/C14H20N2O/c1-11-6-5-9-16(11)14(17)10-13(15)12-7-3-2-4-8-12/h2-4,7-8,11,13H,5-6,9-10,15H2,1H3. The predicted octanol–water partition coefficient (Wildman–Crippen LogP) is 2.09. The fraction of sp³-hybridized carbons (Fsp3) is 0.500. The zero-order chi connectivity index (χ0) is 12.3.